The van der Waals surface area contributed by atoms with E-state index in [0.29, 0.717) is 26.1 Å². The van der Waals surface area contributed by atoms with E-state index in [-0.39, 0.29) is 12.0 Å². The van der Waals surface area contributed by atoms with Gasteiger partial charge >= 0.3 is 0 Å². The molecule has 3 nitrogen and oxygen atoms in total. The maximum atomic E-state index is 10.5. The zero-order valence-corrected chi connectivity index (χ0v) is 9.25. The Morgan fingerprint density at radius 2 is 1.71 bits per heavy atom. The van der Waals surface area contributed by atoms with Crippen molar-refractivity contribution >= 4 is 0 Å². The second-order valence-electron chi connectivity index (χ2n) is 4.29. The lowest BCUT2D eigenvalue weighted by Crippen LogP contribution is -2.52. The standard InChI is InChI=1S/C11H22O3/c1-3-11(13,4-2)10(9-12)5-7-14-8-6-10/h12-13H,3-9H2,1-2H3. The summed E-state index contributed by atoms with van der Waals surface area (Å²) >= 11 is 0. The highest BCUT2D eigenvalue weighted by atomic mass is 16.5. The van der Waals surface area contributed by atoms with Gasteiger partial charge in [-0.1, -0.05) is 13.8 Å². The molecular weight excluding hydrogens is 180 g/mol. The fourth-order valence-corrected chi connectivity index (χ4v) is 2.53. The van der Waals surface area contributed by atoms with Crippen LogP contribution in [0, 0.1) is 5.41 Å². The third-order valence-electron chi connectivity index (χ3n) is 3.91. The molecule has 0 spiro atoms. The predicted molar refractivity (Wildman–Crippen MR) is 55.1 cm³/mol. The van der Waals surface area contributed by atoms with E-state index in [1.165, 1.54) is 0 Å². The molecular formula is C11H22O3. The third kappa shape index (κ3) is 1.81. The van der Waals surface area contributed by atoms with E-state index in [1.54, 1.807) is 0 Å². The Morgan fingerprint density at radius 1 is 1.21 bits per heavy atom. The summed E-state index contributed by atoms with van der Waals surface area (Å²) < 4.78 is 5.29. The monoisotopic (exact) mass is 202 g/mol. The van der Waals surface area contributed by atoms with Crippen LogP contribution in [0.3, 0.4) is 0 Å². The van der Waals surface area contributed by atoms with Gasteiger partial charge in [-0.2, -0.15) is 0 Å². The van der Waals surface area contributed by atoms with E-state index in [9.17, 15) is 10.2 Å². The second kappa shape index (κ2) is 4.60. The van der Waals surface area contributed by atoms with Gasteiger partial charge in [-0.05, 0) is 25.7 Å². The number of aliphatic hydroxyl groups excluding tert-OH is 1. The highest BCUT2D eigenvalue weighted by Gasteiger charge is 2.48. The molecule has 1 saturated heterocycles. The lowest BCUT2D eigenvalue weighted by atomic mass is 9.65. The summed E-state index contributed by atoms with van der Waals surface area (Å²) in [6.07, 6.45) is 2.93. The molecule has 84 valence electrons. The van der Waals surface area contributed by atoms with Crippen LogP contribution in [0.5, 0.6) is 0 Å². The molecule has 0 unspecified atom stereocenters. The van der Waals surface area contributed by atoms with Crippen molar-refractivity contribution in [1.82, 2.24) is 0 Å². The minimum atomic E-state index is -0.731. The van der Waals surface area contributed by atoms with Crippen LogP contribution in [0.2, 0.25) is 0 Å². The Bertz CT molecular complexity index is 169. The molecule has 3 heteroatoms. The van der Waals surface area contributed by atoms with Crippen molar-refractivity contribution in [3.05, 3.63) is 0 Å². The van der Waals surface area contributed by atoms with Crippen molar-refractivity contribution in [3.8, 4) is 0 Å². The Labute approximate surface area is 86.1 Å². The predicted octanol–water partition coefficient (Wildman–Crippen LogP) is 1.33. The van der Waals surface area contributed by atoms with E-state index < -0.39 is 5.60 Å². The minimum Gasteiger partial charge on any atom is -0.396 e. The molecule has 0 amide bonds. The molecule has 1 aliphatic rings. The van der Waals surface area contributed by atoms with E-state index in [0.717, 1.165) is 12.8 Å². The van der Waals surface area contributed by atoms with Crippen LogP contribution in [0.4, 0.5) is 0 Å². The van der Waals surface area contributed by atoms with E-state index >= 15 is 0 Å². The first kappa shape index (κ1) is 12.0. The zero-order valence-electron chi connectivity index (χ0n) is 9.25. The Balaban J connectivity index is 2.85. The fourth-order valence-electron chi connectivity index (χ4n) is 2.53. The first-order valence-corrected chi connectivity index (χ1v) is 5.55. The van der Waals surface area contributed by atoms with Crippen LogP contribution in [0.25, 0.3) is 0 Å². The molecule has 0 aromatic carbocycles. The van der Waals surface area contributed by atoms with E-state index in [4.69, 9.17) is 4.74 Å². The van der Waals surface area contributed by atoms with Crippen LogP contribution in [-0.4, -0.2) is 35.6 Å². The van der Waals surface area contributed by atoms with E-state index in [1.807, 2.05) is 13.8 Å². The van der Waals surface area contributed by atoms with Gasteiger partial charge in [-0.15, -0.1) is 0 Å². The number of aliphatic hydroxyl groups is 2. The summed E-state index contributed by atoms with van der Waals surface area (Å²) in [5.41, 5.74) is -1.07. The molecule has 1 rings (SSSR count). The van der Waals surface area contributed by atoms with Crippen LogP contribution in [-0.2, 0) is 4.74 Å². The Morgan fingerprint density at radius 3 is 2.07 bits per heavy atom. The quantitative estimate of drug-likeness (QED) is 0.723. The smallest absolute Gasteiger partial charge is 0.0722 e. The average molecular weight is 202 g/mol. The molecule has 1 heterocycles. The number of hydrogen-bond donors (Lipinski definition) is 2. The van der Waals surface area contributed by atoms with Gasteiger partial charge in [0.25, 0.3) is 0 Å². The normalized spacial score (nSPS) is 22.3. The van der Waals surface area contributed by atoms with Gasteiger partial charge in [0.05, 0.1) is 12.2 Å². The van der Waals surface area contributed by atoms with Gasteiger partial charge in [-0.25, -0.2) is 0 Å². The zero-order chi connectivity index (χ0) is 10.7. The minimum absolute atomic E-state index is 0.0640. The molecule has 0 saturated carbocycles. The van der Waals surface area contributed by atoms with Crippen molar-refractivity contribution in [2.75, 3.05) is 19.8 Å². The first-order chi connectivity index (χ1) is 6.64. The summed E-state index contributed by atoms with van der Waals surface area (Å²) in [4.78, 5) is 0. The average Bonchev–Trinajstić information content (AvgIpc) is 2.28. The van der Waals surface area contributed by atoms with Gasteiger partial charge in [0.2, 0.25) is 0 Å². The lowest BCUT2D eigenvalue weighted by Gasteiger charge is -2.48. The lowest BCUT2D eigenvalue weighted by molar-refractivity contribution is -0.156. The summed E-state index contributed by atoms with van der Waals surface area (Å²) in [5.74, 6) is 0. The number of ether oxygens (including phenoxy) is 1. The number of hydrogen-bond acceptors (Lipinski definition) is 3. The molecule has 14 heavy (non-hydrogen) atoms. The van der Waals surface area contributed by atoms with E-state index in [2.05, 4.69) is 0 Å². The van der Waals surface area contributed by atoms with Gasteiger partial charge < -0.3 is 14.9 Å². The Hall–Kier alpha value is -0.120. The summed E-state index contributed by atoms with van der Waals surface area (Å²) in [6, 6.07) is 0. The number of rotatable bonds is 4. The van der Waals surface area contributed by atoms with Gasteiger partial charge in [0, 0.05) is 18.6 Å². The second-order valence-corrected chi connectivity index (χ2v) is 4.29. The maximum Gasteiger partial charge on any atom is 0.0722 e. The molecule has 0 bridgehead atoms. The fraction of sp³-hybridized carbons (Fsp3) is 1.00. The summed E-state index contributed by atoms with van der Waals surface area (Å²) in [6.45, 7) is 5.34. The Kier molecular flexibility index (Phi) is 3.93. The maximum absolute atomic E-state index is 10.5. The van der Waals surface area contributed by atoms with Gasteiger partial charge in [0.1, 0.15) is 0 Å². The first-order valence-electron chi connectivity index (χ1n) is 5.55. The van der Waals surface area contributed by atoms with Crippen molar-refractivity contribution < 1.29 is 14.9 Å². The molecule has 0 aliphatic carbocycles. The topological polar surface area (TPSA) is 49.7 Å². The van der Waals surface area contributed by atoms with Crippen molar-refractivity contribution in [2.45, 2.75) is 45.1 Å². The molecule has 0 atom stereocenters. The van der Waals surface area contributed by atoms with Crippen molar-refractivity contribution in [1.29, 1.82) is 0 Å². The molecule has 0 aromatic rings. The van der Waals surface area contributed by atoms with Gasteiger partial charge in [0.15, 0.2) is 0 Å². The highest BCUT2D eigenvalue weighted by Crippen LogP contribution is 2.44. The van der Waals surface area contributed by atoms with Crippen LogP contribution >= 0.6 is 0 Å². The largest absolute Gasteiger partial charge is 0.396 e. The molecule has 1 fully saturated rings. The molecule has 0 radical (unpaired) electrons. The third-order valence-corrected chi connectivity index (χ3v) is 3.91. The molecule has 1 aliphatic heterocycles. The van der Waals surface area contributed by atoms with Crippen molar-refractivity contribution in [3.63, 3.8) is 0 Å². The summed E-state index contributed by atoms with van der Waals surface area (Å²) in [5, 5.41) is 20.0. The van der Waals surface area contributed by atoms with Gasteiger partial charge in [-0.3, -0.25) is 0 Å². The van der Waals surface area contributed by atoms with Crippen LogP contribution in [0.1, 0.15) is 39.5 Å². The molecule has 2 N–H and O–H groups in total. The highest BCUT2D eigenvalue weighted by molar-refractivity contribution is 4.98. The summed E-state index contributed by atoms with van der Waals surface area (Å²) in [7, 11) is 0. The van der Waals surface area contributed by atoms with Crippen LogP contribution < -0.4 is 0 Å². The molecule has 0 aromatic heterocycles. The van der Waals surface area contributed by atoms with Crippen LogP contribution in [0.15, 0.2) is 0 Å². The van der Waals surface area contributed by atoms with Crippen molar-refractivity contribution in [2.24, 2.45) is 5.41 Å². The SMILES string of the molecule is CCC(O)(CC)C1(CO)CCOCC1.